The van der Waals surface area contributed by atoms with Crippen LogP contribution >= 0.6 is 0 Å². The molecule has 3 aromatic rings. The highest BCUT2D eigenvalue weighted by Gasteiger charge is 2.49. The van der Waals surface area contributed by atoms with Gasteiger partial charge in [-0.05, 0) is 76.3 Å². The molecule has 0 saturated carbocycles. The topological polar surface area (TPSA) is 79.1 Å². The summed E-state index contributed by atoms with van der Waals surface area (Å²) in [5, 5.41) is 27.4. The average molecular weight is 451 g/mol. The first kappa shape index (κ1) is 21.8. The number of benzene rings is 1. The first-order valence-electron chi connectivity index (χ1n) is 11.5. The number of nitrogens with zero attached hydrogens (tertiary/aromatic N) is 5. The number of aromatic nitrogens is 4. The van der Waals surface area contributed by atoms with E-state index in [-0.39, 0.29) is 16.8 Å². The van der Waals surface area contributed by atoms with Gasteiger partial charge in [0.05, 0.1) is 11.9 Å². The second-order valence-electron chi connectivity index (χ2n) is 10.2. The van der Waals surface area contributed by atoms with E-state index in [0.29, 0.717) is 17.3 Å². The second-order valence-corrected chi connectivity index (χ2v) is 10.2. The average Bonchev–Trinajstić information content (AvgIpc) is 3.35. The number of piperidine rings is 1. The quantitative estimate of drug-likeness (QED) is 0.587. The minimum atomic E-state index is -1.20. The number of anilines is 1. The van der Waals surface area contributed by atoms with Crippen molar-refractivity contribution in [3.05, 3.63) is 42.7 Å². The van der Waals surface area contributed by atoms with Crippen LogP contribution < -0.4 is 10.2 Å². The maximum Gasteiger partial charge on any atom is 0.188 e. The summed E-state index contributed by atoms with van der Waals surface area (Å²) in [6.07, 6.45) is 6.60. The van der Waals surface area contributed by atoms with Crippen molar-refractivity contribution in [1.82, 2.24) is 25.3 Å². The van der Waals surface area contributed by atoms with E-state index in [0.717, 1.165) is 29.8 Å². The fourth-order valence-corrected chi connectivity index (χ4v) is 5.55. The lowest BCUT2D eigenvalue weighted by Gasteiger charge is -2.45. The molecule has 0 spiro atoms. The third-order valence-electron chi connectivity index (χ3n) is 7.34. The number of phenols is 1. The van der Waals surface area contributed by atoms with Crippen LogP contribution in [0.4, 0.5) is 10.2 Å². The molecule has 0 radical (unpaired) electrons. The molecule has 7 nitrogen and oxygen atoms in total. The Balaban J connectivity index is 1.34. The third-order valence-corrected chi connectivity index (χ3v) is 7.34. The van der Waals surface area contributed by atoms with Crippen LogP contribution in [0.15, 0.2) is 42.7 Å². The van der Waals surface area contributed by atoms with Crippen LogP contribution in [0, 0.1) is 0 Å². The summed E-state index contributed by atoms with van der Waals surface area (Å²) < 4.78 is 14.7. The van der Waals surface area contributed by atoms with Crippen molar-refractivity contribution in [3.63, 3.8) is 0 Å². The molecule has 4 atom stereocenters. The van der Waals surface area contributed by atoms with Crippen LogP contribution in [0.1, 0.15) is 52.8 Å². The van der Waals surface area contributed by atoms with E-state index in [4.69, 9.17) is 0 Å². The highest BCUT2D eigenvalue weighted by Crippen LogP contribution is 2.43. The molecular formula is C25H31FN6O. The predicted octanol–water partition coefficient (Wildman–Crippen LogP) is 4.70. The summed E-state index contributed by atoms with van der Waals surface area (Å²) in [6, 6.07) is 9.60. The van der Waals surface area contributed by atoms with Gasteiger partial charge in [-0.3, -0.25) is 0 Å². The maximum absolute atomic E-state index is 13.4. The van der Waals surface area contributed by atoms with Crippen molar-refractivity contribution in [2.75, 3.05) is 11.9 Å². The summed E-state index contributed by atoms with van der Waals surface area (Å²) in [4.78, 5) is 2.24. The molecule has 8 heteroatoms. The van der Waals surface area contributed by atoms with Crippen molar-refractivity contribution in [2.24, 2.45) is 0 Å². The summed E-state index contributed by atoms with van der Waals surface area (Å²) in [6.45, 7) is 6.07. The highest BCUT2D eigenvalue weighted by atomic mass is 19.1. The molecular weight excluding hydrogens is 419 g/mol. The monoisotopic (exact) mass is 450 g/mol. The molecule has 4 heterocycles. The molecule has 174 valence electrons. The van der Waals surface area contributed by atoms with Gasteiger partial charge >= 0.3 is 0 Å². The molecule has 1 aromatic carbocycles. The van der Waals surface area contributed by atoms with Gasteiger partial charge in [0.1, 0.15) is 5.75 Å². The van der Waals surface area contributed by atoms with Crippen LogP contribution in [0.5, 0.6) is 5.75 Å². The van der Waals surface area contributed by atoms with E-state index in [1.807, 2.05) is 18.2 Å². The Morgan fingerprint density at radius 2 is 1.85 bits per heavy atom. The van der Waals surface area contributed by atoms with Gasteiger partial charge in [0.25, 0.3) is 0 Å². The zero-order valence-corrected chi connectivity index (χ0v) is 19.6. The van der Waals surface area contributed by atoms with Crippen molar-refractivity contribution in [3.8, 4) is 28.1 Å². The largest absolute Gasteiger partial charge is 0.507 e. The number of nitrogens with one attached hydrogen (secondary N) is 1. The van der Waals surface area contributed by atoms with Crippen LogP contribution in [-0.2, 0) is 0 Å². The summed E-state index contributed by atoms with van der Waals surface area (Å²) >= 11 is 0. The zero-order valence-electron chi connectivity index (χ0n) is 19.6. The number of hydrogen-bond donors (Lipinski definition) is 2. The Kier molecular flexibility index (Phi) is 5.16. The molecule has 2 unspecified atom stereocenters. The Labute approximate surface area is 193 Å². The molecule has 5 rings (SSSR count). The predicted molar refractivity (Wildman–Crippen MR) is 127 cm³/mol. The summed E-state index contributed by atoms with van der Waals surface area (Å²) in [7, 11) is 2.09. The van der Waals surface area contributed by atoms with Crippen LogP contribution in [0.3, 0.4) is 0 Å². The van der Waals surface area contributed by atoms with E-state index >= 15 is 0 Å². The van der Waals surface area contributed by atoms with Crippen LogP contribution in [0.25, 0.3) is 22.4 Å². The van der Waals surface area contributed by atoms with Crippen LogP contribution in [0.2, 0.25) is 0 Å². The summed E-state index contributed by atoms with van der Waals surface area (Å²) in [5.74, 6) is 0.931. The van der Waals surface area contributed by atoms with Gasteiger partial charge in [-0.2, -0.15) is 5.10 Å². The lowest BCUT2D eigenvalue weighted by atomic mass is 9.84. The molecule has 2 aliphatic rings. The number of alkyl halides is 1. The number of hydrogen-bond acceptors (Lipinski definition) is 6. The Morgan fingerprint density at radius 3 is 2.42 bits per heavy atom. The standard InChI is InChI=1S/C25H31FN6O/c1-16(26)32-15-18(14-27-32)17-5-6-20(22(33)11-17)21-7-8-23(29-28-21)31(4)19-12-24(2)9-10-25(3,13-19)30-24/h5-8,11,14-16,19,30,33H,9-10,12-13H2,1-4H3/t16?,19?,24-,25+. The molecule has 2 aromatic heterocycles. The first-order valence-corrected chi connectivity index (χ1v) is 11.5. The third kappa shape index (κ3) is 4.08. The highest BCUT2D eigenvalue weighted by molar-refractivity contribution is 5.74. The molecule has 2 bridgehead atoms. The number of halogens is 1. The lowest BCUT2D eigenvalue weighted by Crippen LogP contribution is -2.58. The number of aromatic hydroxyl groups is 1. The van der Waals surface area contributed by atoms with Crippen molar-refractivity contribution >= 4 is 5.82 Å². The Morgan fingerprint density at radius 1 is 1.12 bits per heavy atom. The van der Waals surface area contributed by atoms with Crippen molar-refractivity contribution in [1.29, 1.82) is 0 Å². The fraction of sp³-hybridized carbons (Fsp3) is 0.480. The van der Waals surface area contributed by atoms with Gasteiger partial charge in [-0.1, -0.05) is 6.07 Å². The Bertz CT molecular complexity index is 1140. The first-order chi connectivity index (χ1) is 15.6. The van der Waals surface area contributed by atoms with Gasteiger partial charge in [0.2, 0.25) is 0 Å². The van der Waals surface area contributed by atoms with Gasteiger partial charge in [0.15, 0.2) is 12.1 Å². The fourth-order valence-electron chi connectivity index (χ4n) is 5.55. The van der Waals surface area contributed by atoms with Crippen molar-refractivity contribution in [2.45, 2.75) is 69.9 Å². The molecule has 2 N–H and O–H groups in total. The van der Waals surface area contributed by atoms with E-state index < -0.39 is 6.30 Å². The minimum Gasteiger partial charge on any atom is -0.507 e. The molecule has 33 heavy (non-hydrogen) atoms. The van der Waals surface area contributed by atoms with E-state index in [9.17, 15) is 9.50 Å². The van der Waals surface area contributed by atoms with Crippen molar-refractivity contribution < 1.29 is 9.50 Å². The second kappa shape index (κ2) is 7.80. The molecule has 2 aliphatic heterocycles. The van der Waals surface area contributed by atoms with Gasteiger partial charge in [-0.25, -0.2) is 9.07 Å². The smallest absolute Gasteiger partial charge is 0.188 e. The van der Waals surface area contributed by atoms with E-state index in [1.165, 1.54) is 24.4 Å². The maximum atomic E-state index is 13.4. The number of phenolic OH excluding ortho intramolecular Hbond substituents is 1. The van der Waals surface area contributed by atoms with E-state index in [1.54, 1.807) is 24.5 Å². The Hall–Kier alpha value is -3.00. The lowest BCUT2D eigenvalue weighted by molar-refractivity contribution is 0.207. The number of rotatable bonds is 5. The number of fused-ring (bicyclic) bond motifs is 2. The minimum absolute atomic E-state index is 0.0970. The van der Waals surface area contributed by atoms with Gasteiger partial charge in [-0.15, -0.1) is 10.2 Å². The van der Waals surface area contributed by atoms with Gasteiger partial charge < -0.3 is 15.3 Å². The molecule has 2 fully saturated rings. The normalized spacial score (nSPS) is 27.5. The van der Waals surface area contributed by atoms with Gasteiger partial charge in [0, 0.05) is 41.5 Å². The molecule has 2 saturated heterocycles. The van der Waals surface area contributed by atoms with Crippen LogP contribution in [-0.4, -0.2) is 49.3 Å². The zero-order chi connectivity index (χ0) is 23.4. The SMILES string of the molecule is CC(F)n1cc(-c2ccc(-c3ccc(N(C)C4C[C@]5(C)CC[C@](C)(C4)N5)nn3)c(O)c2)cn1. The summed E-state index contributed by atoms with van der Waals surface area (Å²) in [5.41, 5.74) is 3.08. The molecule has 0 aliphatic carbocycles. The molecule has 0 amide bonds. The van der Waals surface area contributed by atoms with E-state index in [2.05, 4.69) is 46.4 Å².